The van der Waals surface area contributed by atoms with Crippen LogP contribution in [-0.4, -0.2) is 36.8 Å². The fourth-order valence-corrected chi connectivity index (χ4v) is 2.49. The van der Waals surface area contributed by atoms with Gasteiger partial charge in [0.1, 0.15) is 11.4 Å². The number of methoxy groups -OCH3 is 1. The van der Waals surface area contributed by atoms with Gasteiger partial charge in [-0.1, -0.05) is 13.0 Å². The lowest BCUT2D eigenvalue weighted by Crippen LogP contribution is -2.51. The highest BCUT2D eigenvalue weighted by Gasteiger charge is 2.39. The summed E-state index contributed by atoms with van der Waals surface area (Å²) in [4.78, 5) is 12.5. The molecule has 1 amide bonds. The summed E-state index contributed by atoms with van der Waals surface area (Å²) >= 11 is 0. The zero-order valence-corrected chi connectivity index (χ0v) is 13.3. The Morgan fingerprint density at radius 3 is 2.67 bits per heavy atom. The van der Waals surface area contributed by atoms with E-state index >= 15 is 0 Å². The van der Waals surface area contributed by atoms with Gasteiger partial charge in [-0.05, 0) is 50.0 Å². The van der Waals surface area contributed by atoms with Crippen LogP contribution in [0.25, 0.3) is 0 Å². The van der Waals surface area contributed by atoms with E-state index in [0.717, 1.165) is 25.1 Å². The molecule has 0 saturated carbocycles. The molecule has 1 heterocycles. The zero-order chi connectivity index (χ0) is 14.6. The van der Waals surface area contributed by atoms with E-state index in [-0.39, 0.29) is 24.1 Å². The minimum absolute atomic E-state index is 0. The van der Waals surface area contributed by atoms with Gasteiger partial charge in [0.2, 0.25) is 0 Å². The summed E-state index contributed by atoms with van der Waals surface area (Å²) in [5.41, 5.74) is 0.707. The van der Waals surface area contributed by atoms with Crippen molar-refractivity contribution in [2.24, 2.45) is 0 Å². The number of carbonyl (C=O) groups excluding carboxylic acids is 1. The van der Waals surface area contributed by atoms with Gasteiger partial charge >= 0.3 is 0 Å². The average molecular weight is 315 g/mol. The number of amides is 1. The number of rotatable bonds is 4. The first-order valence-electron chi connectivity index (χ1n) is 7.00. The van der Waals surface area contributed by atoms with Crippen molar-refractivity contribution in [3.63, 3.8) is 0 Å². The van der Waals surface area contributed by atoms with Crippen molar-refractivity contribution < 1.29 is 14.6 Å². The number of phenolic OH excluding ortho intramolecular Hbond substituents is 1. The molecule has 0 aromatic heterocycles. The van der Waals surface area contributed by atoms with Crippen molar-refractivity contribution in [2.45, 2.75) is 31.8 Å². The largest absolute Gasteiger partial charge is 0.506 e. The molecule has 3 N–H and O–H groups in total. The van der Waals surface area contributed by atoms with Crippen LogP contribution in [0, 0.1) is 0 Å². The highest BCUT2D eigenvalue weighted by Crippen LogP contribution is 2.29. The van der Waals surface area contributed by atoms with Crippen LogP contribution in [-0.2, 0) is 16.0 Å². The van der Waals surface area contributed by atoms with E-state index in [9.17, 15) is 9.90 Å². The molecule has 1 aliphatic rings. The fourth-order valence-electron chi connectivity index (χ4n) is 2.49. The molecule has 0 radical (unpaired) electrons. The molecule has 0 atom stereocenters. The van der Waals surface area contributed by atoms with E-state index in [1.807, 2.05) is 13.0 Å². The molecular weight excluding hydrogens is 292 g/mol. The van der Waals surface area contributed by atoms with Crippen LogP contribution in [0.1, 0.15) is 25.3 Å². The smallest absolute Gasteiger partial charge is 0.256 e. The van der Waals surface area contributed by atoms with E-state index in [0.29, 0.717) is 18.5 Å². The summed E-state index contributed by atoms with van der Waals surface area (Å²) in [6.45, 7) is 3.53. The zero-order valence-electron chi connectivity index (χ0n) is 12.4. The van der Waals surface area contributed by atoms with Gasteiger partial charge in [0, 0.05) is 7.11 Å². The third-order valence-corrected chi connectivity index (χ3v) is 3.93. The van der Waals surface area contributed by atoms with E-state index in [2.05, 4.69) is 10.6 Å². The predicted octanol–water partition coefficient (Wildman–Crippen LogP) is 2.08. The van der Waals surface area contributed by atoms with Gasteiger partial charge in [0.15, 0.2) is 0 Å². The molecule has 0 aliphatic carbocycles. The van der Waals surface area contributed by atoms with Crippen LogP contribution in [0.4, 0.5) is 5.69 Å². The molecule has 0 unspecified atom stereocenters. The molecule has 1 aliphatic heterocycles. The molecule has 1 fully saturated rings. The monoisotopic (exact) mass is 314 g/mol. The number of ether oxygens (including phenoxy) is 1. The molecule has 0 bridgehead atoms. The van der Waals surface area contributed by atoms with Crippen LogP contribution in [0.3, 0.4) is 0 Å². The number of anilines is 1. The highest BCUT2D eigenvalue weighted by atomic mass is 35.5. The minimum Gasteiger partial charge on any atom is -0.506 e. The summed E-state index contributed by atoms with van der Waals surface area (Å²) in [7, 11) is 1.56. The topological polar surface area (TPSA) is 70.6 Å². The summed E-state index contributed by atoms with van der Waals surface area (Å²) in [6.07, 6.45) is 2.11. The van der Waals surface area contributed by atoms with Gasteiger partial charge in [0.25, 0.3) is 5.91 Å². The first-order chi connectivity index (χ1) is 9.61. The number of phenols is 1. The first kappa shape index (κ1) is 17.8. The maximum Gasteiger partial charge on any atom is 0.256 e. The van der Waals surface area contributed by atoms with Gasteiger partial charge in [0.05, 0.1) is 5.69 Å². The van der Waals surface area contributed by atoms with Crippen molar-refractivity contribution >= 4 is 24.0 Å². The standard InChI is InChI=1S/C15H22N2O3.ClH/c1-3-11-4-5-13(18)12(10-11)17-14(19)15(20-2)6-8-16-9-7-15;/h4-5,10,16,18H,3,6-9H2,1-2H3,(H,17,19);1H. The van der Waals surface area contributed by atoms with Crippen molar-refractivity contribution in [3.8, 4) is 5.75 Å². The molecule has 21 heavy (non-hydrogen) atoms. The van der Waals surface area contributed by atoms with Gasteiger partial charge < -0.3 is 20.5 Å². The van der Waals surface area contributed by atoms with Crippen molar-refractivity contribution in [1.82, 2.24) is 5.32 Å². The Morgan fingerprint density at radius 1 is 1.43 bits per heavy atom. The molecule has 1 aromatic rings. The number of hydrogen-bond acceptors (Lipinski definition) is 4. The van der Waals surface area contributed by atoms with Gasteiger partial charge in [-0.25, -0.2) is 0 Å². The first-order valence-corrected chi connectivity index (χ1v) is 7.00. The van der Waals surface area contributed by atoms with E-state index in [4.69, 9.17) is 4.74 Å². The Hall–Kier alpha value is -1.30. The molecule has 0 spiro atoms. The maximum absolute atomic E-state index is 12.5. The Balaban J connectivity index is 0.00000220. The number of piperidine rings is 1. The molecule has 6 heteroatoms. The number of halogens is 1. The second-order valence-corrected chi connectivity index (χ2v) is 5.11. The quantitative estimate of drug-likeness (QED) is 0.744. The van der Waals surface area contributed by atoms with E-state index in [1.54, 1.807) is 19.2 Å². The SMILES string of the molecule is CCc1ccc(O)c(NC(=O)C2(OC)CCNCC2)c1.Cl. The van der Waals surface area contributed by atoms with Gasteiger partial charge in [-0.15, -0.1) is 12.4 Å². The molecule has 1 saturated heterocycles. The molecule has 118 valence electrons. The third kappa shape index (κ3) is 3.87. The third-order valence-electron chi connectivity index (χ3n) is 3.93. The lowest BCUT2D eigenvalue weighted by molar-refractivity contribution is -0.140. The Bertz CT molecular complexity index is 488. The number of benzene rings is 1. The van der Waals surface area contributed by atoms with Gasteiger partial charge in [-0.3, -0.25) is 4.79 Å². The van der Waals surface area contributed by atoms with Crippen molar-refractivity contribution in [1.29, 1.82) is 0 Å². The Morgan fingerprint density at radius 2 is 2.10 bits per heavy atom. The predicted molar refractivity (Wildman–Crippen MR) is 85.2 cm³/mol. The number of carbonyl (C=O) groups is 1. The van der Waals surface area contributed by atoms with Crippen molar-refractivity contribution in [2.75, 3.05) is 25.5 Å². The molecule has 2 rings (SSSR count). The van der Waals surface area contributed by atoms with E-state index in [1.165, 1.54) is 0 Å². The average Bonchev–Trinajstić information content (AvgIpc) is 2.50. The summed E-state index contributed by atoms with van der Waals surface area (Å²) in [5.74, 6) is -0.110. The van der Waals surface area contributed by atoms with Gasteiger partial charge in [-0.2, -0.15) is 0 Å². The number of hydrogen-bond donors (Lipinski definition) is 3. The second-order valence-electron chi connectivity index (χ2n) is 5.11. The number of nitrogens with one attached hydrogen (secondary N) is 2. The second kappa shape index (κ2) is 7.64. The van der Waals surface area contributed by atoms with Crippen LogP contribution in [0.15, 0.2) is 18.2 Å². The van der Waals surface area contributed by atoms with Crippen LogP contribution < -0.4 is 10.6 Å². The van der Waals surface area contributed by atoms with Crippen molar-refractivity contribution in [3.05, 3.63) is 23.8 Å². The lowest BCUT2D eigenvalue weighted by atomic mass is 9.91. The highest BCUT2D eigenvalue weighted by molar-refractivity contribution is 5.98. The maximum atomic E-state index is 12.5. The van der Waals surface area contributed by atoms with Crippen LogP contribution >= 0.6 is 12.4 Å². The number of aromatic hydroxyl groups is 1. The molecule has 5 nitrogen and oxygen atoms in total. The van der Waals surface area contributed by atoms with Crippen LogP contribution in [0.5, 0.6) is 5.75 Å². The lowest BCUT2D eigenvalue weighted by Gasteiger charge is -2.34. The molecular formula is C15H23ClN2O3. The fraction of sp³-hybridized carbons (Fsp3) is 0.533. The summed E-state index contributed by atoms with van der Waals surface area (Å²) in [6, 6.07) is 5.26. The minimum atomic E-state index is -0.806. The Kier molecular flexibility index (Phi) is 6.45. The normalized spacial score (nSPS) is 16.9. The summed E-state index contributed by atoms with van der Waals surface area (Å²) < 4.78 is 5.48. The summed E-state index contributed by atoms with van der Waals surface area (Å²) in [5, 5.41) is 15.9. The van der Waals surface area contributed by atoms with Crippen LogP contribution in [0.2, 0.25) is 0 Å². The molecule has 1 aromatic carbocycles. The Labute approximate surface area is 131 Å². The van der Waals surface area contributed by atoms with E-state index < -0.39 is 5.60 Å². The number of aryl methyl sites for hydroxylation is 1.